The van der Waals surface area contributed by atoms with E-state index in [0.717, 1.165) is 18.2 Å². The van der Waals surface area contributed by atoms with Gasteiger partial charge in [-0.25, -0.2) is 0 Å². The van der Waals surface area contributed by atoms with E-state index in [1.807, 2.05) is 20.8 Å². The van der Waals surface area contributed by atoms with Crippen LogP contribution < -0.4 is 10.6 Å². The third-order valence-corrected chi connectivity index (χ3v) is 2.54. The average molecular weight is 307 g/mol. The number of rotatable bonds is 7. The maximum Gasteiger partial charge on any atom is 0.222 e. The second kappa shape index (κ2) is 8.50. The number of hydrogen-bond acceptors (Lipinski definition) is 2. The highest BCUT2D eigenvalue weighted by atomic mass is 79.9. The van der Waals surface area contributed by atoms with E-state index in [-0.39, 0.29) is 17.4 Å². The summed E-state index contributed by atoms with van der Waals surface area (Å²) >= 11 is 3.31. The highest BCUT2D eigenvalue weighted by Crippen LogP contribution is 1.99. The molecule has 0 heterocycles. The molecule has 0 rings (SSSR count). The molecule has 0 unspecified atom stereocenters. The van der Waals surface area contributed by atoms with E-state index in [1.54, 1.807) is 0 Å². The Balaban J connectivity index is 3.56. The third-order valence-electron chi connectivity index (χ3n) is 1.98. The van der Waals surface area contributed by atoms with E-state index in [2.05, 4.69) is 26.6 Å². The first-order chi connectivity index (χ1) is 7.85. The van der Waals surface area contributed by atoms with Crippen molar-refractivity contribution in [2.45, 2.75) is 52.0 Å². The van der Waals surface area contributed by atoms with Crippen LogP contribution in [-0.4, -0.2) is 29.2 Å². The molecule has 5 heteroatoms. The molecule has 0 fully saturated rings. The fourth-order valence-electron chi connectivity index (χ4n) is 1.26. The summed E-state index contributed by atoms with van der Waals surface area (Å²) in [7, 11) is 0. The molecule has 100 valence electrons. The summed E-state index contributed by atoms with van der Waals surface area (Å²) in [5.41, 5.74) is -0.211. The van der Waals surface area contributed by atoms with Crippen LogP contribution in [0.4, 0.5) is 0 Å². The van der Waals surface area contributed by atoms with Crippen molar-refractivity contribution >= 4 is 27.7 Å². The molecule has 0 radical (unpaired) electrons. The lowest BCUT2D eigenvalue weighted by molar-refractivity contribution is -0.123. The molecule has 0 saturated heterocycles. The average Bonchev–Trinajstić information content (AvgIpc) is 2.15. The van der Waals surface area contributed by atoms with Gasteiger partial charge in [0, 0.05) is 30.3 Å². The molecule has 0 atom stereocenters. The molecular weight excluding hydrogens is 284 g/mol. The van der Waals surface area contributed by atoms with Gasteiger partial charge in [-0.15, -0.1) is 0 Å². The monoisotopic (exact) mass is 306 g/mol. The Hall–Kier alpha value is -0.580. The minimum absolute atomic E-state index is 0.0227. The van der Waals surface area contributed by atoms with Gasteiger partial charge in [0.05, 0.1) is 0 Å². The van der Waals surface area contributed by atoms with Gasteiger partial charge < -0.3 is 10.6 Å². The van der Waals surface area contributed by atoms with Crippen molar-refractivity contribution in [3.63, 3.8) is 0 Å². The number of carbonyl (C=O) groups is 2. The fourth-order valence-corrected chi connectivity index (χ4v) is 1.66. The normalized spacial score (nSPS) is 11.1. The number of hydrogen-bond donors (Lipinski definition) is 2. The molecule has 17 heavy (non-hydrogen) atoms. The zero-order valence-electron chi connectivity index (χ0n) is 10.9. The van der Waals surface area contributed by atoms with Crippen LogP contribution in [0.3, 0.4) is 0 Å². The molecule has 0 spiro atoms. The molecule has 0 aromatic rings. The number of amides is 2. The second-order valence-electron chi connectivity index (χ2n) is 5.04. The standard InChI is InChI=1S/C12H23BrN2O2/c1-12(2,3)15-11(17)7-9-14-10(16)6-4-5-8-13/h4-9H2,1-3H3,(H,14,16)(H,15,17). The molecule has 0 saturated carbocycles. The predicted octanol–water partition coefficient (Wildman–Crippen LogP) is 1.97. The van der Waals surface area contributed by atoms with E-state index < -0.39 is 0 Å². The number of unbranched alkanes of at least 4 members (excludes halogenated alkanes) is 1. The Labute approximate surface area is 112 Å². The van der Waals surface area contributed by atoms with Crippen LogP contribution in [0, 0.1) is 0 Å². The molecule has 0 aliphatic heterocycles. The Bertz CT molecular complexity index is 249. The Morgan fingerprint density at radius 2 is 1.71 bits per heavy atom. The summed E-state index contributed by atoms with van der Waals surface area (Å²) in [6.45, 7) is 6.21. The maximum atomic E-state index is 11.4. The van der Waals surface area contributed by atoms with Gasteiger partial charge in [-0.2, -0.15) is 0 Å². The van der Waals surface area contributed by atoms with Crippen molar-refractivity contribution in [1.82, 2.24) is 10.6 Å². The zero-order chi connectivity index (χ0) is 13.3. The highest BCUT2D eigenvalue weighted by molar-refractivity contribution is 9.09. The van der Waals surface area contributed by atoms with Crippen LogP contribution >= 0.6 is 15.9 Å². The molecule has 0 aromatic carbocycles. The van der Waals surface area contributed by atoms with Crippen molar-refractivity contribution < 1.29 is 9.59 Å². The van der Waals surface area contributed by atoms with Gasteiger partial charge >= 0.3 is 0 Å². The summed E-state index contributed by atoms with van der Waals surface area (Å²) in [4.78, 5) is 22.8. The van der Waals surface area contributed by atoms with Crippen molar-refractivity contribution in [2.24, 2.45) is 0 Å². The smallest absolute Gasteiger partial charge is 0.222 e. The lowest BCUT2D eigenvalue weighted by atomic mass is 10.1. The fraction of sp³-hybridized carbons (Fsp3) is 0.833. The molecule has 2 N–H and O–H groups in total. The van der Waals surface area contributed by atoms with Gasteiger partial charge in [0.15, 0.2) is 0 Å². The van der Waals surface area contributed by atoms with Gasteiger partial charge in [0.25, 0.3) is 0 Å². The summed E-state index contributed by atoms with van der Waals surface area (Å²) in [6, 6.07) is 0. The van der Waals surface area contributed by atoms with Crippen LogP contribution in [0.25, 0.3) is 0 Å². The largest absolute Gasteiger partial charge is 0.356 e. The Morgan fingerprint density at radius 1 is 1.06 bits per heavy atom. The van der Waals surface area contributed by atoms with Gasteiger partial charge in [-0.1, -0.05) is 15.9 Å². The van der Waals surface area contributed by atoms with Crippen LogP contribution in [-0.2, 0) is 9.59 Å². The second-order valence-corrected chi connectivity index (χ2v) is 5.84. The number of carbonyl (C=O) groups excluding carboxylic acids is 2. The lowest BCUT2D eigenvalue weighted by Gasteiger charge is -2.20. The molecule has 4 nitrogen and oxygen atoms in total. The van der Waals surface area contributed by atoms with Crippen LogP contribution in [0.1, 0.15) is 46.5 Å². The third kappa shape index (κ3) is 11.7. The van der Waals surface area contributed by atoms with Crippen LogP contribution in [0.15, 0.2) is 0 Å². The maximum absolute atomic E-state index is 11.4. The zero-order valence-corrected chi connectivity index (χ0v) is 12.5. The minimum atomic E-state index is -0.211. The van der Waals surface area contributed by atoms with E-state index in [1.165, 1.54) is 0 Å². The number of halogens is 1. The van der Waals surface area contributed by atoms with Crippen molar-refractivity contribution in [1.29, 1.82) is 0 Å². The van der Waals surface area contributed by atoms with Gasteiger partial charge in [-0.3, -0.25) is 9.59 Å². The van der Waals surface area contributed by atoms with Crippen molar-refractivity contribution in [3.8, 4) is 0 Å². The summed E-state index contributed by atoms with van der Waals surface area (Å²) in [5, 5.41) is 6.52. The van der Waals surface area contributed by atoms with Gasteiger partial charge in [0.2, 0.25) is 11.8 Å². The first kappa shape index (κ1) is 16.4. The molecule has 0 bridgehead atoms. The van der Waals surface area contributed by atoms with Gasteiger partial charge in [-0.05, 0) is 33.6 Å². The first-order valence-corrected chi connectivity index (χ1v) is 7.11. The quantitative estimate of drug-likeness (QED) is 0.558. The van der Waals surface area contributed by atoms with E-state index in [4.69, 9.17) is 0 Å². The molecule has 0 aliphatic rings. The Kier molecular flexibility index (Phi) is 8.21. The van der Waals surface area contributed by atoms with Gasteiger partial charge in [0.1, 0.15) is 0 Å². The SMILES string of the molecule is CC(C)(C)NC(=O)CCNC(=O)CCCCBr. The topological polar surface area (TPSA) is 58.2 Å². The first-order valence-electron chi connectivity index (χ1n) is 5.99. The summed E-state index contributed by atoms with van der Waals surface area (Å²) < 4.78 is 0. The molecule has 0 aromatic heterocycles. The number of nitrogens with one attached hydrogen (secondary N) is 2. The van der Waals surface area contributed by atoms with E-state index >= 15 is 0 Å². The predicted molar refractivity (Wildman–Crippen MR) is 73.2 cm³/mol. The highest BCUT2D eigenvalue weighted by Gasteiger charge is 2.13. The summed E-state index contributed by atoms with van der Waals surface area (Å²) in [6.07, 6.45) is 2.75. The number of alkyl halides is 1. The van der Waals surface area contributed by atoms with Crippen LogP contribution in [0.5, 0.6) is 0 Å². The van der Waals surface area contributed by atoms with Crippen LogP contribution in [0.2, 0.25) is 0 Å². The van der Waals surface area contributed by atoms with E-state index in [0.29, 0.717) is 19.4 Å². The Morgan fingerprint density at radius 3 is 2.24 bits per heavy atom. The van der Waals surface area contributed by atoms with Crippen molar-refractivity contribution in [3.05, 3.63) is 0 Å². The van der Waals surface area contributed by atoms with Crippen molar-refractivity contribution in [2.75, 3.05) is 11.9 Å². The minimum Gasteiger partial charge on any atom is -0.356 e. The molecule has 0 aliphatic carbocycles. The lowest BCUT2D eigenvalue weighted by Crippen LogP contribution is -2.41. The molecular formula is C12H23BrN2O2. The summed E-state index contributed by atoms with van der Waals surface area (Å²) in [5.74, 6) is -0.00670. The molecule has 2 amide bonds. The van der Waals surface area contributed by atoms with E-state index in [9.17, 15) is 9.59 Å².